The number of methoxy groups -OCH3 is 2. The summed E-state index contributed by atoms with van der Waals surface area (Å²) in [6.07, 6.45) is 0. The zero-order chi connectivity index (χ0) is 21.3. The highest BCUT2D eigenvalue weighted by Gasteiger charge is 2.24. The number of rotatable bonds is 7. The SMILES string of the molecule is CC[Si](C#Cc1cc(OC)ccc1N=Nc1ccc(C(=O)OC)cc1)(CC)CC. The smallest absolute Gasteiger partial charge is 0.337 e. The van der Waals surface area contributed by atoms with Gasteiger partial charge in [0, 0.05) is 0 Å². The van der Waals surface area contributed by atoms with Crippen molar-refractivity contribution in [3.8, 4) is 17.2 Å². The van der Waals surface area contributed by atoms with Crippen LogP contribution in [0.4, 0.5) is 11.4 Å². The molecule has 2 aromatic carbocycles. The summed E-state index contributed by atoms with van der Waals surface area (Å²) in [5.41, 5.74) is 6.22. The van der Waals surface area contributed by atoms with Crippen LogP contribution in [0.5, 0.6) is 5.75 Å². The largest absolute Gasteiger partial charge is 0.497 e. The van der Waals surface area contributed by atoms with Crippen LogP contribution in [0, 0.1) is 11.5 Å². The van der Waals surface area contributed by atoms with Crippen molar-refractivity contribution < 1.29 is 14.3 Å². The van der Waals surface area contributed by atoms with Gasteiger partial charge in [-0.15, -0.1) is 10.7 Å². The Morgan fingerprint density at radius 3 is 2.17 bits per heavy atom. The zero-order valence-corrected chi connectivity index (χ0v) is 18.8. The maximum absolute atomic E-state index is 11.5. The summed E-state index contributed by atoms with van der Waals surface area (Å²) < 4.78 is 10.1. The number of hydrogen-bond acceptors (Lipinski definition) is 5. The third-order valence-corrected chi connectivity index (χ3v) is 9.97. The number of ether oxygens (including phenoxy) is 2. The Morgan fingerprint density at radius 2 is 1.62 bits per heavy atom. The highest BCUT2D eigenvalue weighted by molar-refractivity contribution is 6.87. The first-order valence-corrected chi connectivity index (χ1v) is 12.4. The van der Waals surface area contributed by atoms with Gasteiger partial charge in [0.2, 0.25) is 0 Å². The molecule has 0 aliphatic carbocycles. The number of benzene rings is 2. The van der Waals surface area contributed by atoms with Crippen molar-refractivity contribution in [1.29, 1.82) is 0 Å². The molecule has 0 unspecified atom stereocenters. The van der Waals surface area contributed by atoms with Gasteiger partial charge < -0.3 is 9.47 Å². The number of azo groups is 1. The Labute approximate surface area is 174 Å². The van der Waals surface area contributed by atoms with Gasteiger partial charge in [0.25, 0.3) is 0 Å². The predicted octanol–water partition coefficient (Wildman–Crippen LogP) is 6.30. The third-order valence-electron chi connectivity index (χ3n) is 5.26. The van der Waals surface area contributed by atoms with Crippen molar-refractivity contribution in [2.75, 3.05) is 14.2 Å². The van der Waals surface area contributed by atoms with E-state index in [1.165, 1.54) is 7.11 Å². The second-order valence-corrected chi connectivity index (χ2v) is 11.6. The molecule has 0 aromatic heterocycles. The van der Waals surface area contributed by atoms with E-state index in [0.29, 0.717) is 16.9 Å². The Hall–Kier alpha value is -2.91. The van der Waals surface area contributed by atoms with E-state index in [2.05, 4.69) is 42.5 Å². The van der Waals surface area contributed by atoms with E-state index in [1.54, 1.807) is 31.4 Å². The summed E-state index contributed by atoms with van der Waals surface area (Å²) in [5, 5.41) is 8.69. The van der Waals surface area contributed by atoms with Crippen molar-refractivity contribution >= 4 is 25.4 Å². The van der Waals surface area contributed by atoms with Gasteiger partial charge in [-0.2, -0.15) is 5.11 Å². The predicted molar refractivity (Wildman–Crippen MR) is 119 cm³/mol. The fourth-order valence-electron chi connectivity index (χ4n) is 2.94. The first kappa shape index (κ1) is 22.4. The molecule has 0 fully saturated rings. The number of nitrogens with zero attached hydrogens (tertiary/aromatic N) is 2. The standard InChI is InChI=1S/C23H28N2O3Si/c1-6-29(7-2,8-3)16-15-19-17-21(27-4)13-14-22(19)25-24-20-11-9-18(10-12-20)23(26)28-5/h9-14,17H,6-8H2,1-5H3. The van der Waals surface area contributed by atoms with Crippen molar-refractivity contribution in [2.45, 2.75) is 38.9 Å². The lowest BCUT2D eigenvalue weighted by molar-refractivity contribution is 0.0601. The molecule has 2 aromatic rings. The summed E-state index contributed by atoms with van der Waals surface area (Å²) in [5.74, 6) is 3.73. The van der Waals surface area contributed by atoms with Gasteiger partial charge in [-0.25, -0.2) is 4.79 Å². The molecule has 0 atom stereocenters. The summed E-state index contributed by atoms with van der Waals surface area (Å²) in [6, 6.07) is 15.8. The summed E-state index contributed by atoms with van der Waals surface area (Å²) in [6.45, 7) is 6.70. The van der Waals surface area contributed by atoms with Gasteiger partial charge in [-0.3, -0.25) is 0 Å². The van der Waals surface area contributed by atoms with Crippen LogP contribution in [0.3, 0.4) is 0 Å². The molecule has 152 valence electrons. The summed E-state index contributed by atoms with van der Waals surface area (Å²) in [4.78, 5) is 11.5. The zero-order valence-electron chi connectivity index (χ0n) is 17.8. The quantitative estimate of drug-likeness (QED) is 0.234. The highest BCUT2D eigenvalue weighted by Crippen LogP contribution is 2.27. The fraction of sp³-hybridized carbons (Fsp3) is 0.348. The fourth-order valence-corrected chi connectivity index (χ4v) is 5.37. The maximum Gasteiger partial charge on any atom is 0.337 e. The Morgan fingerprint density at radius 1 is 0.966 bits per heavy atom. The molecule has 0 aliphatic heterocycles. The molecule has 0 aliphatic rings. The summed E-state index contributed by atoms with van der Waals surface area (Å²) >= 11 is 0. The number of carbonyl (C=O) groups is 1. The maximum atomic E-state index is 11.5. The molecule has 6 heteroatoms. The topological polar surface area (TPSA) is 60.2 Å². The molecule has 0 radical (unpaired) electrons. The minimum Gasteiger partial charge on any atom is -0.497 e. The number of hydrogen-bond donors (Lipinski definition) is 0. The summed E-state index contributed by atoms with van der Waals surface area (Å²) in [7, 11) is 1.42. The molecule has 0 spiro atoms. The van der Waals surface area contributed by atoms with E-state index < -0.39 is 8.07 Å². The van der Waals surface area contributed by atoms with Crippen LogP contribution >= 0.6 is 0 Å². The molecule has 29 heavy (non-hydrogen) atoms. The van der Waals surface area contributed by atoms with Crippen molar-refractivity contribution in [3.05, 3.63) is 53.6 Å². The second kappa shape index (κ2) is 10.6. The first-order chi connectivity index (χ1) is 14.0. The number of esters is 1. The van der Waals surface area contributed by atoms with E-state index >= 15 is 0 Å². The Kier molecular flexibility index (Phi) is 8.17. The monoisotopic (exact) mass is 408 g/mol. The first-order valence-electron chi connectivity index (χ1n) is 9.82. The average molecular weight is 409 g/mol. The van der Waals surface area contributed by atoms with Crippen LogP contribution in [0.2, 0.25) is 18.1 Å². The van der Waals surface area contributed by atoms with Crippen LogP contribution in [0.25, 0.3) is 0 Å². The minimum absolute atomic E-state index is 0.378. The van der Waals surface area contributed by atoms with Crippen LogP contribution < -0.4 is 4.74 Å². The van der Waals surface area contributed by atoms with E-state index in [4.69, 9.17) is 9.47 Å². The normalized spacial score (nSPS) is 11.1. The van der Waals surface area contributed by atoms with Crippen LogP contribution in [0.1, 0.15) is 36.7 Å². The van der Waals surface area contributed by atoms with Crippen molar-refractivity contribution in [3.63, 3.8) is 0 Å². The van der Waals surface area contributed by atoms with Gasteiger partial charge >= 0.3 is 5.97 Å². The molecular formula is C23H28N2O3Si. The highest BCUT2D eigenvalue weighted by atomic mass is 28.3. The lowest BCUT2D eigenvalue weighted by Gasteiger charge is -2.20. The van der Waals surface area contributed by atoms with E-state index in [-0.39, 0.29) is 5.97 Å². The molecule has 0 heterocycles. The van der Waals surface area contributed by atoms with Gasteiger partial charge in [0.05, 0.1) is 31.0 Å². The van der Waals surface area contributed by atoms with Gasteiger partial charge in [0.1, 0.15) is 19.5 Å². The van der Waals surface area contributed by atoms with Crippen molar-refractivity contribution in [1.82, 2.24) is 0 Å². The lowest BCUT2D eigenvalue weighted by Crippen LogP contribution is -2.29. The van der Waals surface area contributed by atoms with Crippen molar-refractivity contribution in [2.24, 2.45) is 10.2 Å². The van der Waals surface area contributed by atoms with Gasteiger partial charge in [-0.05, 0) is 60.6 Å². The Balaban J connectivity index is 2.36. The van der Waals surface area contributed by atoms with Gasteiger partial charge in [-0.1, -0.05) is 26.7 Å². The molecule has 0 saturated heterocycles. The van der Waals surface area contributed by atoms with Crippen LogP contribution in [-0.2, 0) is 4.74 Å². The van der Waals surface area contributed by atoms with E-state index in [9.17, 15) is 4.79 Å². The molecule has 0 saturated carbocycles. The third kappa shape index (κ3) is 5.78. The van der Waals surface area contributed by atoms with E-state index in [0.717, 1.165) is 29.4 Å². The second-order valence-electron chi connectivity index (χ2n) is 6.71. The molecule has 0 N–H and O–H groups in total. The molecule has 5 nitrogen and oxygen atoms in total. The number of carbonyl (C=O) groups excluding carboxylic acids is 1. The molecule has 2 rings (SSSR count). The van der Waals surface area contributed by atoms with Crippen LogP contribution in [0.15, 0.2) is 52.7 Å². The molecular weight excluding hydrogens is 380 g/mol. The molecule has 0 amide bonds. The minimum atomic E-state index is -1.58. The molecule has 0 bridgehead atoms. The Bertz CT molecular complexity index is 915. The van der Waals surface area contributed by atoms with Crippen LogP contribution in [-0.4, -0.2) is 28.3 Å². The van der Waals surface area contributed by atoms with E-state index in [1.807, 2.05) is 18.2 Å². The average Bonchev–Trinajstić information content (AvgIpc) is 2.79. The lowest BCUT2D eigenvalue weighted by atomic mass is 10.2. The van der Waals surface area contributed by atoms with Gasteiger partial charge in [0.15, 0.2) is 0 Å².